The van der Waals surface area contributed by atoms with Crippen LogP contribution >= 0.6 is 0 Å². The van der Waals surface area contributed by atoms with Gasteiger partial charge in [0.05, 0.1) is 7.11 Å². The van der Waals surface area contributed by atoms with Crippen molar-refractivity contribution in [2.24, 2.45) is 5.73 Å². The zero-order valence-electron chi connectivity index (χ0n) is 8.86. The SMILES string of the molecule is COC(=O)[C@@H](N)Cc1ccc(C)c(O)c1. The Hall–Kier alpha value is -1.55. The molecule has 1 aromatic rings. The van der Waals surface area contributed by atoms with E-state index < -0.39 is 12.0 Å². The summed E-state index contributed by atoms with van der Waals surface area (Å²) in [7, 11) is 1.30. The van der Waals surface area contributed by atoms with Crippen molar-refractivity contribution in [2.45, 2.75) is 19.4 Å². The Morgan fingerprint density at radius 2 is 2.27 bits per heavy atom. The molecule has 3 N–H and O–H groups in total. The summed E-state index contributed by atoms with van der Waals surface area (Å²) in [4.78, 5) is 11.1. The fraction of sp³-hybridized carbons (Fsp3) is 0.364. The molecule has 0 unspecified atom stereocenters. The maximum Gasteiger partial charge on any atom is 0.322 e. The van der Waals surface area contributed by atoms with Gasteiger partial charge in [-0.3, -0.25) is 4.79 Å². The van der Waals surface area contributed by atoms with Crippen molar-refractivity contribution in [3.63, 3.8) is 0 Å². The van der Waals surface area contributed by atoms with Gasteiger partial charge >= 0.3 is 5.97 Å². The van der Waals surface area contributed by atoms with Gasteiger partial charge in [-0.05, 0) is 30.5 Å². The lowest BCUT2D eigenvalue weighted by Gasteiger charge is -2.09. The second-order valence-corrected chi connectivity index (χ2v) is 3.45. The highest BCUT2D eigenvalue weighted by Gasteiger charge is 2.14. The quantitative estimate of drug-likeness (QED) is 0.720. The van der Waals surface area contributed by atoms with Gasteiger partial charge in [0.1, 0.15) is 11.8 Å². The normalized spacial score (nSPS) is 12.2. The number of benzene rings is 1. The highest BCUT2D eigenvalue weighted by atomic mass is 16.5. The van der Waals surface area contributed by atoms with Crippen molar-refractivity contribution in [2.75, 3.05) is 7.11 Å². The molecular formula is C11H15NO3. The molecule has 0 aromatic heterocycles. The highest BCUT2D eigenvalue weighted by molar-refractivity contribution is 5.75. The number of aromatic hydroxyl groups is 1. The molecule has 0 aliphatic heterocycles. The molecule has 0 aliphatic rings. The molecule has 0 spiro atoms. The number of phenolic OH excluding ortho intramolecular Hbond substituents is 1. The van der Waals surface area contributed by atoms with E-state index in [2.05, 4.69) is 4.74 Å². The van der Waals surface area contributed by atoms with E-state index >= 15 is 0 Å². The fourth-order valence-electron chi connectivity index (χ4n) is 1.27. The predicted molar refractivity (Wildman–Crippen MR) is 56.5 cm³/mol. The number of rotatable bonds is 3. The van der Waals surface area contributed by atoms with Crippen LogP contribution in [0.15, 0.2) is 18.2 Å². The minimum Gasteiger partial charge on any atom is -0.508 e. The van der Waals surface area contributed by atoms with Crippen LogP contribution in [0, 0.1) is 6.92 Å². The summed E-state index contributed by atoms with van der Waals surface area (Å²) in [6.07, 6.45) is 0.362. The van der Waals surface area contributed by atoms with Crippen LogP contribution in [0.3, 0.4) is 0 Å². The second kappa shape index (κ2) is 4.79. The van der Waals surface area contributed by atoms with Crippen molar-refractivity contribution in [3.8, 4) is 5.75 Å². The van der Waals surface area contributed by atoms with Crippen LogP contribution < -0.4 is 5.73 Å². The molecule has 0 radical (unpaired) electrons. The van der Waals surface area contributed by atoms with E-state index in [1.165, 1.54) is 7.11 Å². The zero-order valence-corrected chi connectivity index (χ0v) is 8.86. The number of aryl methyl sites for hydroxylation is 1. The van der Waals surface area contributed by atoms with Gasteiger partial charge in [0.15, 0.2) is 0 Å². The molecule has 15 heavy (non-hydrogen) atoms. The van der Waals surface area contributed by atoms with Crippen molar-refractivity contribution >= 4 is 5.97 Å². The van der Waals surface area contributed by atoms with Gasteiger partial charge in [-0.25, -0.2) is 0 Å². The topological polar surface area (TPSA) is 72.5 Å². The minimum atomic E-state index is -0.683. The predicted octanol–water partition coefficient (Wildman–Crippen LogP) is 0.743. The average molecular weight is 209 g/mol. The molecule has 0 fully saturated rings. The summed E-state index contributed by atoms with van der Waals surface area (Å²) in [6, 6.07) is 4.54. The number of phenols is 1. The van der Waals surface area contributed by atoms with Crippen LogP contribution in [-0.4, -0.2) is 24.2 Å². The average Bonchev–Trinajstić information content (AvgIpc) is 2.22. The molecule has 0 bridgehead atoms. The Bertz CT molecular complexity index is 363. The Morgan fingerprint density at radius 3 is 2.80 bits per heavy atom. The van der Waals surface area contributed by atoms with Gasteiger partial charge in [0.2, 0.25) is 0 Å². The molecule has 1 rings (SSSR count). The van der Waals surface area contributed by atoms with Gasteiger partial charge in [0, 0.05) is 0 Å². The Kier molecular flexibility index (Phi) is 3.68. The van der Waals surface area contributed by atoms with Crippen molar-refractivity contribution < 1.29 is 14.6 Å². The summed E-state index contributed by atoms with van der Waals surface area (Å²) in [5.41, 5.74) is 7.20. The molecule has 1 aromatic carbocycles. The van der Waals surface area contributed by atoms with Gasteiger partial charge in [-0.2, -0.15) is 0 Å². The van der Waals surface area contributed by atoms with Crippen LogP contribution in [0.25, 0.3) is 0 Å². The Labute approximate surface area is 88.7 Å². The molecule has 0 saturated heterocycles. The lowest BCUT2D eigenvalue weighted by Crippen LogP contribution is -2.33. The Balaban J connectivity index is 2.73. The molecule has 0 amide bonds. The van der Waals surface area contributed by atoms with E-state index in [-0.39, 0.29) is 5.75 Å². The lowest BCUT2D eigenvalue weighted by molar-refractivity contribution is -0.142. The van der Waals surface area contributed by atoms with Crippen LogP contribution in [0.2, 0.25) is 0 Å². The molecule has 0 saturated carbocycles. The molecule has 4 heteroatoms. The van der Waals surface area contributed by atoms with E-state index in [0.29, 0.717) is 6.42 Å². The second-order valence-electron chi connectivity index (χ2n) is 3.45. The maximum absolute atomic E-state index is 11.1. The minimum absolute atomic E-state index is 0.213. The number of esters is 1. The van der Waals surface area contributed by atoms with Crippen molar-refractivity contribution in [3.05, 3.63) is 29.3 Å². The van der Waals surface area contributed by atoms with Crippen molar-refractivity contribution in [1.29, 1.82) is 0 Å². The number of nitrogens with two attached hydrogens (primary N) is 1. The standard InChI is InChI=1S/C11H15NO3/c1-7-3-4-8(6-10(7)13)5-9(12)11(14)15-2/h3-4,6,9,13H,5,12H2,1-2H3/t9-/m0/s1. The summed E-state index contributed by atoms with van der Waals surface area (Å²) in [5, 5.41) is 9.45. The van der Waals surface area contributed by atoms with E-state index in [4.69, 9.17) is 5.73 Å². The number of carbonyl (C=O) groups excluding carboxylic acids is 1. The number of hydrogen-bond donors (Lipinski definition) is 2. The first kappa shape index (κ1) is 11.5. The fourth-order valence-corrected chi connectivity index (χ4v) is 1.27. The van der Waals surface area contributed by atoms with E-state index in [0.717, 1.165) is 11.1 Å². The summed E-state index contributed by atoms with van der Waals surface area (Å²) >= 11 is 0. The van der Waals surface area contributed by atoms with Crippen molar-refractivity contribution in [1.82, 2.24) is 0 Å². The summed E-state index contributed by atoms with van der Waals surface area (Å²) in [5.74, 6) is -0.236. The van der Waals surface area contributed by atoms with Crippen LogP contribution in [0.5, 0.6) is 5.75 Å². The highest BCUT2D eigenvalue weighted by Crippen LogP contribution is 2.18. The summed E-state index contributed by atoms with van der Waals surface area (Å²) in [6.45, 7) is 1.80. The van der Waals surface area contributed by atoms with Gasteiger partial charge < -0.3 is 15.6 Å². The number of methoxy groups -OCH3 is 1. The largest absolute Gasteiger partial charge is 0.508 e. The molecule has 82 valence electrons. The van der Waals surface area contributed by atoms with E-state index in [1.54, 1.807) is 19.1 Å². The van der Waals surface area contributed by atoms with Crippen LogP contribution in [0.4, 0.5) is 0 Å². The first-order valence-corrected chi connectivity index (χ1v) is 4.66. The maximum atomic E-state index is 11.1. The van der Waals surface area contributed by atoms with Crippen LogP contribution in [-0.2, 0) is 16.0 Å². The molecule has 0 heterocycles. The third-order valence-corrected chi connectivity index (χ3v) is 2.23. The number of carbonyl (C=O) groups is 1. The molecular weight excluding hydrogens is 194 g/mol. The third-order valence-electron chi connectivity index (χ3n) is 2.23. The Morgan fingerprint density at radius 1 is 1.60 bits per heavy atom. The van der Waals surface area contributed by atoms with Crippen LogP contribution in [0.1, 0.15) is 11.1 Å². The lowest BCUT2D eigenvalue weighted by atomic mass is 10.0. The third kappa shape index (κ3) is 2.95. The first-order valence-electron chi connectivity index (χ1n) is 4.66. The van der Waals surface area contributed by atoms with E-state index in [1.807, 2.05) is 6.07 Å². The summed E-state index contributed by atoms with van der Waals surface area (Å²) < 4.78 is 4.51. The first-order chi connectivity index (χ1) is 7.04. The van der Waals surface area contributed by atoms with Gasteiger partial charge in [-0.15, -0.1) is 0 Å². The zero-order chi connectivity index (χ0) is 11.4. The molecule has 4 nitrogen and oxygen atoms in total. The number of hydrogen-bond acceptors (Lipinski definition) is 4. The smallest absolute Gasteiger partial charge is 0.322 e. The van der Waals surface area contributed by atoms with E-state index in [9.17, 15) is 9.90 Å². The number of ether oxygens (including phenoxy) is 1. The molecule has 1 atom stereocenters. The molecule has 0 aliphatic carbocycles. The van der Waals surface area contributed by atoms with Gasteiger partial charge in [0.25, 0.3) is 0 Å². The monoisotopic (exact) mass is 209 g/mol. The van der Waals surface area contributed by atoms with Gasteiger partial charge in [-0.1, -0.05) is 12.1 Å².